The summed E-state index contributed by atoms with van der Waals surface area (Å²) in [5, 5.41) is 13.5. The number of nitrogens with zero attached hydrogens (tertiary/aromatic N) is 4. The Balaban J connectivity index is 1.98. The minimum Gasteiger partial charge on any atom is -0.297 e. The number of nitrogens with one attached hydrogen (secondary N) is 1. The molecule has 5 nitrogen and oxygen atoms in total. The van der Waals surface area contributed by atoms with Gasteiger partial charge < -0.3 is 0 Å². The first-order valence-electron chi connectivity index (χ1n) is 7.15. The fourth-order valence-corrected chi connectivity index (χ4v) is 2.84. The molecule has 0 spiro atoms. The van der Waals surface area contributed by atoms with E-state index in [0.29, 0.717) is 13.0 Å². The smallest absolute Gasteiger partial charge is 0.297 e. The van der Waals surface area contributed by atoms with Gasteiger partial charge in [-0.1, -0.05) is 30.3 Å². The first-order valence-corrected chi connectivity index (χ1v) is 7.15. The van der Waals surface area contributed by atoms with Crippen molar-refractivity contribution < 1.29 is 13.2 Å². The second-order valence-electron chi connectivity index (χ2n) is 5.43. The Morgan fingerprint density at radius 3 is 2.59 bits per heavy atom. The molecule has 8 heteroatoms. The van der Waals surface area contributed by atoms with Gasteiger partial charge >= 0.3 is 6.18 Å². The second kappa shape index (κ2) is 5.68. The van der Waals surface area contributed by atoms with Crippen molar-refractivity contribution in [3.05, 3.63) is 41.7 Å². The summed E-state index contributed by atoms with van der Waals surface area (Å²) in [6.07, 6.45) is -3.29. The van der Waals surface area contributed by atoms with Crippen LogP contribution in [0.1, 0.15) is 30.7 Å². The van der Waals surface area contributed by atoms with Crippen LogP contribution in [0.5, 0.6) is 0 Å². The maximum Gasteiger partial charge on any atom is 0.413 e. The van der Waals surface area contributed by atoms with Crippen molar-refractivity contribution in [2.45, 2.75) is 37.5 Å². The molecule has 1 aromatic carbocycles. The number of hydrogen-bond donors (Lipinski definition) is 1. The molecule has 1 atom stereocenters. The van der Waals surface area contributed by atoms with Crippen LogP contribution in [0.2, 0.25) is 0 Å². The van der Waals surface area contributed by atoms with Gasteiger partial charge in [0.25, 0.3) is 0 Å². The molecule has 1 fully saturated rings. The number of alkyl halides is 3. The van der Waals surface area contributed by atoms with Crippen LogP contribution in [0.4, 0.5) is 13.2 Å². The molecule has 1 aromatic heterocycles. The molecule has 1 aliphatic heterocycles. The van der Waals surface area contributed by atoms with Crippen molar-refractivity contribution in [3.8, 4) is 0 Å². The summed E-state index contributed by atoms with van der Waals surface area (Å²) in [5.74, 6) is -0.163. The lowest BCUT2D eigenvalue weighted by Crippen LogP contribution is -2.57. The second-order valence-corrected chi connectivity index (χ2v) is 5.43. The van der Waals surface area contributed by atoms with Crippen LogP contribution in [0.3, 0.4) is 0 Å². The average molecular weight is 311 g/mol. The molecule has 0 amide bonds. The van der Waals surface area contributed by atoms with Gasteiger partial charge in [-0.15, -0.1) is 5.10 Å². The summed E-state index contributed by atoms with van der Waals surface area (Å²) in [4.78, 5) is 0. The Morgan fingerprint density at radius 1 is 1.18 bits per heavy atom. The SMILES string of the molecule is FC(F)(F)C1(c2nnnn2Cc2ccccc2)CCCCN1. The predicted octanol–water partition coefficient (Wildman–Crippen LogP) is 2.25. The standard InChI is InChI=1S/C14H16F3N5/c15-14(16,17)13(8-4-5-9-18-13)12-19-20-21-22(12)10-11-6-2-1-3-7-11/h1-3,6-7,18H,4-5,8-10H2. The third-order valence-corrected chi connectivity index (χ3v) is 3.98. The monoisotopic (exact) mass is 311 g/mol. The number of piperidine rings is 1. The summed E-state index contributed by atoms with van der Waals surface area (Å²) >= 11 is 0. The number of tetrazole rings is 1. The highest BCUT2D eigenvalue weighted by molar-refractivity contribution is 5.17. The fraction of sp³-hybridized carbons (Fsp3) is 0.500. The Morgan fingerprint density at radius 2 is 1.95 bits per heavy atom. The topological polar surface area (TPSA) is 55.6 Å². The number of benzene rings is 1. The lowest BCUT2D eigenvalue weighted by molar-refractivity contribution is -0.211. The largest absolute Gasteiger partial charge is 0.413 e. The third kappa shape index (κ3) is 2.58. The lowest BCUT2D eigenvalue weighted by atomic mass is 9.87. The molecular weight excluding hydrogens is 295 g/mol. The van der Waals surface area contributed by atoms with Gasteiger partial charge in [0.2, 0.25) is 0 Å². The highest BCUT2D eigenvalue weighted by Gasteiger charge is 2.59. The zero-order valence-corrected chi connectivity index (χ0v) is 11.8. The summed E-state index contributed by atoms with van der Waals surface area (Å²) in [5.41, 5.74) is -1.31. The van der Waals surface area contributed by atoms with Gasteiger partial charge in [-0.25, -0.2) is 4.68 Å². The normalized spacial score (nSPS) is 22.7. The molecule has 1 N–H and O–H groups in total. The van der Waals surface area contributed by atoms with E-state index in [2.05, 4.69) is 20.8 Å². The molecular formula is C14H16F3N5. The van der Waals surface area contributed by atoms with Crippen LogP contribution in [0, 0.1) is 0 Å². The maximum atomic E-state index is 13.7. The Labute approximate surface area is 125 Å². The molecule has 2 heterocycles. The molecule has 1 unspecified atom stereocenters. The van der Waals surface area contributed by atoms with E-state index in [1.165, 1.54) is 4.68 Å². The van der Waals surface area contributed by atoms with E-state index in [0.717, 1.165) is 12.0 Å². The van der Waals surface area contributed by atoms with Gasteiger partial charge in [0.1, 0.15) is 0 Å². The quantitative estimate of drug-likeness (QED) is 0.944. The summed E-state index contributed by atoms with van der Waals surface area (Å²) < 4.78 is 42.4. The van der Waals surface area contributed by atoms with Crippen molar-refractivity contribution >= 4 is 0 Å². The zero-order chi connectivity index (χ0) is 15.6. The molecule has 2 aromatic rings. The summed E-state index contributed by atoms with van der Waals surface area (Å²) in [7, 11) is 0. The van der Waals surface area contributed by atoms with E-state index in [1.807, 2.05) is 30.3 Å². The van der Waals surface area contributed by atoms with Gasteiger partial charge in [0.05, 0.1) is 6.54 Å². The molecule has 1 saturated heterocycles. The first kappa shape index (κ1) is 15.0. The predicted molar refractivity (Wildman–Crippen MR) is 72.9 cm³/mol. The van der Waals surface area contributed by atoms with Crippen LogP contribution >= 0.6 is 0 Å². The molecule has 0 radical (unpaired) electrons. The van der Waals surface area contributed by atoms with Crippen molar-refractivity contribution in [1.82, 2.24) is 25.5 Å². The number of aromatic nitrogens is 4. The van der Waals surface area contributed by atoms with Crippen LogP contribution < -0.4 is 5.32 Å². The molecule has 0 saturated carbocycles. The summed E-state index contributed by atoms with van der Waals surface area (Å²) in [6.45, 7) is 0.514. The molecule has 118 valence electrons. The van der Waals surface area contributed by atoms with Gasteiger partial charge in [-0.3, -0.25) is 5.32 Å². The fourth-order valence-electron chi connectivity index (χ4n) is 2.84. The van der Waals surface area contributed by atoms with E-state index < -0.39 is 11.7 Å². The highest BCUT2D eigenvalue weighted by Crippen LogP contribution is 2.43. The number of hydrogen-bond acceptors (Lipinski definition) is 4. The maximum absolute atomic E-state index is 13.7. The van der Waals surface area contributed by atoms with Crippen molar-refractivity contribution in [2.75, 3.05) is 6.54 Å². The third-order valence-electron chi connectivity index (χ3n) is 3.98. The van der Waals surface area contributed by atoms with E-state index in [-0.39, 0.29) is 18.8 Å². The molecule has 22 heavy (non-hydrogen) atoms. The summed E-state index contributed by atoms with van der Waals surface area (Å²) in [6, 6.07) is 9.18. The van der Waals surface area contributed by atoms with Gasteiger partial charge in [0, 0.05) is 0 Å². The Kier molecular flexibility index (Phi) is 3.86. The molecule has 0 bridgehead atoms. The Bertz CT molecular complexity index is 617. The molecule has 0 aliphatic carbocycles. The number of rotatable bonds is 3. The molecule has 1 aliphatic rings. The van der Waals surface area contributed by atoms with Gasteiger partial charge in [-0.2, -0.15) is 13.2 Å². The van der Waals surface area contributed by atoms with Crippen LogP contribution in [0.25, 0.3) is 0 Å². The highest BCUT2D eigenvalue weighted by atomic mass is 19.4. The van der Waals surface area contributed by atoms with Crippen molar-refractivity contribution in [1.29, 1.82) is 0 Å². The minimum absolute atomic E-state index is 0.0499. The van der Waals surface area contributed by atoms with E-state index in [9.17, 15) is 13.2 Å². The van der Waals surface area contributed by atoms with E-state index in [1.54, 1.807) is 0 Å². The van der Waals surface area contributed by atoms with E-state index in [4.69, 9.17) is 0 Å². The zero-order valence-electron chi connectivity index (χ0n) is 11.8. The number of halogens is 3. The van der Waals surface area contributed by atoms with E-state index >= 15 is 0 Å². The van der Waals surface area contributed by atoms with Crippen LogP contribution in [0.15, 0.2) is 30.3 Å². The van der Waals surface area contributed by atoms with Gasteiger partial charge in [-0.05, 0) is 41.8 Å². The minimum atomic E-state index is -4.45. The average Bonchev–Trinajstić information content (AvgIpc) is 2.96. The first-order chi connectivity index (χ1) is 10.5. The van der Waals surface area contributed by atoms with Gasteiger partial charge in [0.15, 0.2) is 11.4 Å². The Hall–Kier alpha value is -1.96. The van der Waals surface area contributed by atoms with Crippen LogP contribution in [-0.4, -0.2) is 32.9 Å². The van der Waals surface area contributed by atoms with Crippen molar-refractivity contribution in [3.63, 3.8) is 0 Å². The van der Waals surface area contributed by atoms with Crippen LogP contribution in [-0.2, 0) is 12.1 Å². The van der Waals surface area contributed by atoms with Crippen molar-refractivity contribution in [2.24, 2.45) is 0 Å². The molecule has 3 rings (SSSR count). The lowest BCUT2D eigenvalue weighted by Gasteiger charge is -2.38.